The molecule has 0 N–H and O–H groups in total. The number of hydrogen-bond donors (Lipinski definition) is 0. The molecule has 0 atom stereocenters. The van der Waals surface area contributed by atoms with Crippen LogP contribution in [0, 0.1) is 0 Å². The molecule has 0 unspecified atom stereocenters. The molecule has 1 aromatic carbocycles. The van der Waals surface area contributed by atoms with Crippen molar-refractivity contribution in [1.29, 1.82) is 0 Å². The number of nitrogens with zero attached hydrogens (tertiary/aromatic N) is 3. The van der Waals surface area contributed by atoms with Crippen LogP contribution in [0.4, 0.5) is 5.82 Å². The summed E-state index contributed by atoms with van der Waals surface area (Å²) in [5.74, 6) is 1.10. The molecule has 0 saturated carbocycles. The van der Waals surface area contributed by atoms with Crippen LogP contribution in [0.1, 0.15) is 0 Å². The number of halogens is 1. The zero-order valence-corrected chi connectivity index (χ0v) is 14.9. The summed E-state index contributed by atoms with van der Waals surface area (Å²) < 4.78 is 24.8. The van der Waals surface area contributed by atoms with Gasteiger partial charge in [-0.25, -0.2) is 13.4 Å². The van der Waals surface area contributed by atoms with Crippen molar-refractivity contribution >= 4 is 27.3 Å². The van der Waals surface area contributed by atoms with Gasteiger partial charge in [0.1, 0.15) is 5.82 Å². The summed E-state index contributed by atoms with van der Waals surface area (Å²) in [6.45, 7) is 3.94. The Hall–Kier alpha value is -1.63. The second kappa shape index (κ2) is 7.51. The molecule has 2 aromatic rings. The van der Waals surface area contributed by atoms with E-state index in [4.69, 9.17) is 11.6 Å². The molecule has 0 spiro atoms. The van der Waals surface area contributed by atoms with Crippen LogP contribution in [0.3, 0.4) is 0 Å². The summed E-state index contributed by atoms with van der Waals surface area (Å²) in [5.41, 5.74) is 0. The first-order valence-electron chi connectivity index (χ1n) is 7.91. The fraction of sp³-hybridized carbons (Fsp3) is 0.353. The number of rotatable bonds is 5. The Morgan fingerprint density at radius 3 is 2.33 bits per heavy atom. The van der Waals surface area contributed by atoms with E-state index in [1.54, 1.807) is 30.5 Å². The zero-order chi connectivity index (χ0) is 17.0. The quantitative estimate of drug-likeness (QED) is 0.814. The minimum Gasteiger partial charge on any atom is -0.354 e. The lowest BCUT2D eigenvalue weighted by Crippen LogP contribution is -2.47. The van der Waals surface area contributed by atoms with E-state index in [0.717, 1.165) is 32.0 Å². The molecule has 1 saturated heterocycles. The van der Waals surface area contributed by atoms with Gasteiger partial charge < -0.3 is 4.90 Å². The van der Waals surface area contributed by atoms with E-state index in [-0.39, 0.29) is 5.75 Å². The highest BCUT2D eigenvalue weighted by Crippen LogP contribution is 2.16. The van der Waals surface area contributed by atoms with Crippen molar-refractivity contribution in [1.82, 2.24) is 9.88 Å². The van der Waals surface area contributed by atoms with Crippen molar-refractivity contribution in [3.63, 3.8) is 0 Å². The van der Waals surface area contributed by atoms with Gasteiger partial charge in [-0.05, 0) is 36.4 Å². The summed E-state index contributed by atoms with van der Waals surface area (Å²) in [5, 5.41) is 0.541. The third-order valence-corrected chi connectivity index (χ3v) is 6.16. The molecule has 24 heavy (non-hydrogen) atoms. The van der Waals surface area contributed by atoms with Crippen LogP contribution in [-0.4, -0.2) is 56.8 Å². The second-order valence-corrected chi connectivity index (χ2v) is 8.34. The van der Waals surface area contributed by atoms with E-state index in [0.29, 0.717) is 16.5 Å². The fourth-order valence-electron chi connectivity index (χ4n) is 2.75. The Labute approximate surface area is 147 Å². The lowest BCUT2D eigenvalue weighted by molar-refractivity contribution is 0.271. The van der Waals surface area contributed by atoms with Gasteiger partial charge in [0, 0.05) is 43.9 Å². The summed E-state index contributed by atoms with van der Waals surface area (Å²) in [6, 6.07) is 12.2. The Bertz CT molecular complexity index is 758. The molecule has 5 nitrogen and oxygen atoms in total. The number of benzene rings is 1. The number of aromatic nitrogens is 1. The first kappa shape index (κ1) is 17.2. The molecule has 1 fully saturated rings. The normalized spacial score (nSPS) is 16.3. The van der Waals surface area contributed by atoms with Crippen molar-refractivity contribution in [2.75, 3.05) is 43.4 Å². The average molecular weight is 366 g/mol. The van der Waals surface area contributed by atoms with Crippen LogP contribution in [0.15, 0.2) is 53.6 Å². The maximum Gasteiger partial charge on any atom is 0.179 e. The van der Waals surface area contributed by atoms with Gasteiger partial charge >= 0.3 is 0 Å². The number of anilines is 1. The van der Waals surface area contributed by atoms with Crippen LogP contribution in [-0.2, 0) is 9.84 Å². The third-order valence-electron chi connectivity index (χ3n) is 4.19. The minimum absolute atomic E-state index is 0.123. The highest BCUT2D eigenvalue weighted by Gasteiger charge is 2.21. The summed E-state index contributed by atoms with van der Waals surface area (Å²) in [6.07, 6.45) is 1.79. The predicted molar refractivity (Wildman–Crippen MR) is 96.4 cm³/mol. The van der Waals surface area contributed by atoms with Crippen molar-refractivity contribution in [3.05, 3.63) is 53.7 Å². The van der Waals surface area contributed by atoms with E-state index >= 15 is 0 Å². The number of pyridine rings is 1. The summed E-state index contributed by atoms with van der Waals surface area (Å²) in [4.78, 5) is 9.11. The summed E-state index contributed by atoms with van der Waals surface area (Å²) >= 11 is 5.81. The van der Waals surface area contributed by atoms with Crippen LogP contribution < -0.4 is 4.90 Å². The molecule has 1 aromatic heterocycles. The first-order chi connectivity index (χ1) is 11.5. The second-order valence-electron chi connectivity index (χ2n) is 5.79. The number of sulfone groups is 1. The van der Waals surface area contributed by atoms with Gasteiger partial charge in [0.2, 0.25) is 0 Å². The van der Waals surface area contributed by atoms with Gasteiger partial charge in [0.15, 0.2) is 9.84 Å². The predicted octanol–water partition coefficient (Wildman–Crippen LogP) is 2.33. The molecule has 7 heteroatoms. The fourth-order valence-corrected chi connectivity index (χ4v) is 4.16. The smallest absolute Gasteiger partial charge is 0.179 e. The lowest BCUT2D eigenvalue weighted by Gasteiger charge is -2.35. The Balaban J connectivity index is 1.52. The molecule has 1 aliphatic rings. The average Bonchev–Trinajstić information content (AvgIpc) is 2.62. The topological polar surface area (TPSA) is 53.5 Å². The van der Waals surface area contributed by atoms with Crippen LogP contribution in [0.5, 0.6) is 0 Å². The van der Waals surface area contributed by atoms with Gasteiger partial charge in [-0.3, -0.25) is 4.90 Å². The monoisotopic (exact) mass is 365 g/mol. The lowest BCUT2D eigenvalue weighted by atomic mass is 10.3. The minimum atomic E-state index is -3.27. The van der Waals surface area contributed by atoms with Gasteiger partial charge in [0.25, 0.3) is 0 Å². The standard InChI is InChI=1S/C17H20ClN3O2S/c18-15-4-6-16(7-5-15)24(22,23)14-13-20-9-11-21(12-10-20)17-3-1-2-8-19-17/h1-8H,9-14H2. The Morgan fingerprint density at radius 2 is 1.71 bits per heavy atom. The molecule has 128 valence electrons. The van der Waals surface area contributed by atoms with Gasteiger partial charge in [-0.15, -0.1) is 0 Å². The van der Waals surface area contributed by atoms with Crippen LogP contribution >= 0.6 is 11.6 Å². The van der Waals surface area contributed by atoms with E-state index in [2.05, 4.69) is 14.8 Å². The van der Waals surface area contributed by atoms with E-state index in [1.165, 1.54) is 0 Å². The SMILES string of the molecule is O=S(=O)(CCN1CCN(c2ccccn2)CC1)c1ccc(Cl)cc1. The van der Waals surface area contributed by atoms with Crippen LogP contribution in [0.2, 0.25) is 5.02 Å². The molecule has 0 radical (unpaired) electrons. The van der Waals surface area contributed by atoms with Crippen molar-refractivity contribution in [3.8, 4) is 0 Å². The molecular weight excluding hydrogens is 346 g/mol. The molecule has 2 heterocycles. The van der Waals surface area contributed by atoms with E-state index in [1.807, 2.05) is 18.2 Å². The highest BCUT2D eigenvalue weighted by molar-refractivity contribution is 7.91. The highest BCUT2D eigenvalue weighted by atomic mass is 35.5. The molecule has 0 amide bonds. The van der Waals surface area contributed by atoms with Crippen LogP contribution in [0.25, 0.3) is 0 Å². The molecular formula is C17H20ClN3O2S. The van der Waals surface area contributed by atoms with E-state index in [9.17, 15) is 8.42 Å². The Kier molecular flexibility index (Phi) is 5.38. The van der Waals surface area contributed by atoms with Crippen molar-refractivity contribution in [2.45, 2.75) is 4.90 Å². The van der Waals surface area contributed by atoms with Gasteiger partial charge in [-0.2, -0.15) is 0 Å². The zero-order valence-electron chi connectivity index (χ0n) is 13.3. The largest absolute Gasteiger partial charge is 0.354 e. The molecule has 1 aliphatic heterocycles. The molecule has 0 aliphatic carbocycles. The third kappa shape index (κ3) is 4.26. The molecule has 0 bridgehead atoms. The first-order valence-corrected chi connectivity index (χ1v) is 9.94. The van der Waals surface area contributed by atoms with Crippen molar-refractivity contribution < 1.29 is 8.42 Å². The molecule has 3 rings (SSSR count). The van der Waals surface area contributed by atoms with Gasteiger partial charge in [-0.1, -0.05) is 17.7 Å². The number of piperazine rings is 1. The van der Waals surface area contributed by atoms with Crippen molar-refractivity contribution in [2.24, 2.45) is 0 Å². The maximum absolute atomic E-state index is 12.4. The maximum atomic E-state index is 12.4. The number of hydrogen-bond acceptors (Lipinski definition) is 5. The summed E-state index contributed by atoms with van der Waals surface area (Å²) in [7, 11) is -3.27. The Morgan fingerprint density at radius 1 is 1.00 bits per heavy atom. The van der Waals surface area contributed by atoms with E-state index < -0.39 is 9.84 Å². The van der Waals surface area contributed by atoms with Gasteiger partial charge in [0.05, 0.1) is 10.6 Å².